The number of carbonyl (C=O) groups is 1. The number of carboxylic acids is 1. The summed E-state index contributed by atoms with van der Waals surface area (Å²) < 4.78 is 0. The van der Waals surface area contributed by atoms with Crippen LogP contribution in [-0.4, -0.2) is 11.1 Å². The van der Waals surface area contributed by atoms with E-state index in [1.54, 1.807) is 12.1 Å². The first-order valence-electron chi connectivity index (χ1n) is 5.33. The lowest BCUT2D eigenvalue weighted by molar-refractivity contribution is 0.0702. The van der Waals surface area contributed by atoms with E-state index in [1.807, 2.05) is 37.3 Å². The molecule has 0 spiro atoms. The summed E-state index contributed by atoms with van der Waals surface area (Å²) in [4.78, 5) is 12.4. The van der Waals surface area contributed by atoms with Gasteiger partial charge in [-0.05, 0) is 30.7 Å². The molecule has 0 bridgehead atoms. The van der Waals surface area contributed by atoms with Gasteiger partial charge < -0.3 is 5.11 Å². The predicted octanol–water partition coefficient (Wildman–Crippen LogP) is 4.58. The Morgan fingerprint density at radius 2 is 1.94 bits per heavy atom. The average Bonchev–Trinajstić information content (AvgIpc) is 2.70. The van der Waals surface area contributed by atoms with E-state index in [2.05, 4.69) is 0 Å². The Morgan fingerprint density at radius 1 is 1.28 bits per heavy atom. The van der Waals surface area contributed by atoms with Gasteiger partial charge in [0.2, 0.25) is 0 Å². The molecule has 0 aliphatic rings. The van der Waals surface area contributed by atoms with Crippen molar-refractivity contribution in [3.8, 4) is 0 Å². The number of hydrogen-bond donors (Lipinski definition) is 1. The van der Waals surface area contributed by atoms with E-state index in [-0.39, 0.29) is 0 Å². The van der Waals surface area contributed by atoms with Gasteiger partial charge >= 0.3 is 5.97 Å². The Balaban J connectivity index is 2.28. The van der Waals surface area contributed by atoms with E-state index in [0.29, 0.717) is 9.90 Å². The van der Waals surface area contributed by atoms with Gasteiger partial charge in [-0.15, -0.1) is 11.3 Å². The molecule has 1 aromatic carbocycles. The van der Waals surface area contributed by atoms with Crippen LogP contribution in [-0.2, 0) is 0 Å². The summed E-state index contributed by atoms with van der Waals surface area (Å²) in [5.41, 5.74) is 1.72. The van der Waals surface area contributed by atoms with E-state index in [0.717, 1.165) is 16.0 Å². The van der Waals surface area contributed by atoms with Crippen LogP contribution in [0.1, 0.15) is 25.7 Å². The number of benzene rings is 1. The minimum absolute atomic E-state index is 0.373. The molecule has 0 saturated heterocycles. The maximum absolute atomic E-state index is 11.1. The fraction of sp³-hybridized carbons (Fsp3) is 0.0714. The molecule has 0 radical (unpaired) electrons. The molecule has 0 aliphatic heterocycles. The van der Waals surface area contributed by atoms with E-state index >= 15 is 0 Å². The maximum Gasteiger partial charge on any atom is 0.346 e. The van der Waals surface area contributed by atoms with Gasteiger partial charge in [0, 0.05) is 15.5 Å². The molecule has 2 nitrogen and oxygen atoms in total. The standard InChI is InChI=1S/C14H11ClO2S/c1-9-8-11(13(18-9)14(16)17)5-2-10-3-6-12(15)7-4-10/h2-8H,1H3,(H,16,17). The average molecular weight is 279 g/mol. The lowest BCUT2D eigenvalue weighted by Gasteiger charge is -1.94. The zero-order valence-electron chi connectivity index (χ0n) is 9.68. The summed E-state index contributed by atoms with van der Waals surface area (Å²) in [5.74, 6) is -0.885. The molecule has 1 aromatic heterocycles. The van der Waals surface area contributed by atoms with Gasteiger partial charge in [-0.1, -0.05) is 35.9 Å². The van der Waals surface area contributed by atoms with Crippen LogP contribution in [0.3, 0.4) is 0 Å². The second-order valence-corrected chi connectivity index (χ2v) is 5.52. The van der Waals surface area contributed by atoms with Crippen LogP contribution in [0.15, 0.2) is 30.3 Å². The number of aromatic carboxylic acids is 1. The zero-order chi connectivity index (χ0) is 13.1. The van der Waals surface area contributed by atoms with E-state index in [1.165, 1.54) is 11.3 Å². The van der Waals surface area contributed by atoms with Crippen LogP contribution in [0.25, 0.3) is 12.2 Å². The lowest BCUT2D eigenvalue weighted by atomic mass is 10.1. The third-order valence-corrected chi connectivity index (χ3v) is 3.71. The van der Waals surface area contributed by atoms with Crippen molar-refractivity contribution in [2.75, 3.05) is 0 Å². The smallest absolute Gasteiger partial charge is 0.346 e. The molecule has 0 amide bonds. The number of rotatable bonds is 3. The van der Waals surface area contributed by atoms with Crippen molar-refractivity contribution in [3.05, 3.63) is 56.2 Å². The summed E-state index contributed by atoms with van der Waals surface area (Å²) in [7, 11) is 0. The van der Waals surface area contributed by atoms with Crippen LogP contribution in [0.2, 0.25) is 5.02 Å². The third-order valence-electron chi connectivity index (χ3n) is 2.40. The Kier molecular flexibility index (Phi) is 3.84. The first kappa shape index (κ1) is 12.9. The normalized spacial score (nSPS) is 11.0. The van der Waals surface area contributed by atoms with Crippen molar-refractivity contribution >= 4 is 41.1 Å². The second-order valence-electron chi connectivity index (χ2n) is 3.83. The van der Waals surface area contributed by atoms with Gasteiger partial charge in [-0.25, -0.2) is 4.79 Å². The molecule has 0 atom stereocenters. The Hall–Kier alpha value is -1.58. The zero-order valence-corrected chi connectivity index (χ0v) is 11.3. The maximum atomic E-state index is 11.1. The molecule has 2 rings (SSSR count). The van der Waals surface area contributed by atoms with Gasteiger partial charge in [-0.2, -0.15) is 0 Å². The second kappa shape index (κ2) is 5.38. The minimum Gasteiger partial charge on any atom is -0.477 e. The van der Waals surface area contributed by atoms with Crippen molar-refractivity contribution < 1.29 is 9.90 Å². The van der Waals surface area contributed by atoms with Crippen molar-refractivity contribution in [2.24, 2.45) is 0 Å². The Morgan fingerprint density at radius 3 is 2.56 bits per heavy atom. The quantitative estimate of drug-likeness (QED) is 0.892. The highest BCUT2D eigenvalue weighted by molar-refractivity contribution is 7.14. The van der Waals surface area contributed by atoms with Crippen molar-refractivity contribution in [1.29, 1.82) is 0 Å². The fourth-order valence-corrected chi connectivity index (χ4v) is 2.55. The minimum atomic E-state index is -0.885. The topological polar surface area (TPSA) is 37.3 Å². The summed E-state index contributed by atoms with van der Waals surface area (Å²) in [5, 5.41) is 9.76. The SMILES string of the molecule is Cc1cc(C=Cc2ccc(Cl)cc2)c(C(=O)O)s1. The summed E-state index contributed by atoms with van der Waals surface area (Å²) in [6.07, 6.45) is 3.69. The first-order chi connectivity index (χ1) is 8.56. The van der Waals surface area contributed by atoms with E-state index < -0.39 is 5.97 Å². The Bertz CT molecular complexity index is 597. The largest absolute Gasteiger partial charge is 0.477 e. The molecular formula is C14H11ClO2S. The molecule has 0 unspecified atom stereocenters. The molecule has 18 heavy (non-hydrogen) atoms. The van der Waals surface area contributed by atoms with E-state index in [9.17, 15) is 4.79 Å². The van der Waals surface area contributed by atoms with Gasteiger partial charge in [0.1, 0.15) is 4.88 Å². The lowest BCUT2D eigenvalue weighted by Crippen LogP contribution is -1.93. The molecular weight excluding hydrogens is 268 g/mol. The van der Waals surface area contributed by atoms with Crippen molar-refractivity contribution in [2.45, 2.75) is 6.92 Å². The number of hydrogen-bond acceptors (Lipinski definition) is 2. The van der Waals surface area contributed by atoms with Crippen molar-refractivity contribution in [3.63, 3.8) is 0 Å². The summed E-state index contributed by atoms with van der Waals surface area (Å²) in [6.45, 7) is 1.90. The third kappa shape index (κ3) is 3.00. The predicted molar refractivity (Wildman–Crippen MR) is 76.4 cm³/mol. The first-order valence-corrected chi connectivity index (χ1v) is 6.53. The molecule has 1 heterocycles. The van der Waals surface area contributed by atoms with Crippen LogP contribution in [0, 0.1) is 6.92 Å². The highest BCUT2D eigenvalue weighted by Gasteiger charge is 2.11. The Labute approximate surface area is 114 Å². The van der Waals surface area contributed by atoms with Gasteiger partial charge in [-0.3, -0.25) is 0 Å². The molecule has 1 N–H and O–H groups in total. The van der Waals surface area contributed by atoms with Crippen LogP contribution in [0.4, 0.5) is 0 Å². The molecule has 0 saturated carbocycles. The number of halogens is 1. The molecule has 0 fully saturated rings. The van der Waals surface area contributed by atoms with E-state index in [4.69, 9.17) is 16.7 Å². The summed E-state index contributed by atoms with van der Waals surface area (Å²) in [6, 6.07) is 9.26. The van der Waals surface area contributed by atoms with Gasteiger partial charge in [0.05, 0.1) is 0 Å². The molecule has 4 heteroatoms. The number of carboxylic acid groups (broad SMARTS) is 1. The monoisotopic (exact) mass is 278 g/mol. The van der Waals surface area contributed by atoms with Crippen LogP contribution < -0.4 is 0 Å². The van der Waals surface area contributed by atoms with Crippen LogP contribution >= 0.6 is 22.9 Å². The number of aryl methyl sites for hydroxylation is 1. The summed E-state index contributed by atoms with van der Waals surface area (Å²) >= 11 is 7.09. The van der Waals surface area contributed by atoms with Crippen molar-refractivity contribution in [1.82, 2.24) is 0 Å². The molecule has 0 aliphatic carbocycles. The molecule has 2 aromatic rings. The van der Waals surface area contributed by atoms with Crippen LogP contribution in [0.5, 0.6) is 0 Å². The molecule has 92 valence electrons. The highest BCUT2D eigenvalue weighted by atomic mass is 35.5. The highest BCUT2D eigenvalue weighted by Crippen LogP contribution is 2.24. The fourth-order valence-electron chi connectivity index (χ4n) is 1.58. The number of thiophene rings is 1. The van der Waals surface area contributed by atoms with Gasteiger partial charge in [0.15, 0.2) is 0 Å². The van der Waals surface area contributed by atoms with Gasteiger partial charge in [0.25, 0.3) is 0 Å².